The van der Waals surface area contributed by atoms with Gasteiger partial charge in [-0.25, -0.2) is 0 Å². The Morgan fingerprint density at radius 1 is 1.17 bits per heavy atom. The van der Waals surface area contributed by atoms with Gasteiger partial charge in [0, 0.05) is 12.8 Å². The number of rotatable bonds is 1. The molecule has 0 amide bonds. The van der Waals surface area contributed by atoms with Gasteiger partial charge in [-0.2, -0.15) is 0 Å². The van der Waals surface area contributed by atoms with Crippen molar-refractivity contribution in [2.24, 2.45) is 0 Å². The largest absolute Gasteiger partial charge is 0.508 e. The molecule has 1 saturated heterocycles. The maximum absolute atomic E-state index is 9.31. The van der Waals surface area contributed by atoms with E-state index in [2.05, 4.69) is 6.92 Å². The first-order valence-electron chi connectivity index (χ1n) is 6.78. The highest BCUT2D eigenvalue weighted by Crippen LogP contribution is 2.43. The van der Waals surface area contributed by atoms with Gasteiger partial charge in [0.15, 0.2) is 5.79 Å². The number of phenolic OH excluding ortho intramolecular Hbond substituents is 1. The van der Waals surface area contributed by atoms with Crippen molar-refractivity contribution in [1.29, 1.82) is 0 Å². The summed E-state index contributed by atoms with van der Waals surface area (Å²) in [6.45, 7) is 2.80. The van der Waals surface area contributed by atoms with Crippen molar-refractivity contribution in [2.45, 2.75) is 50.4 Å². The first-order chi connectivity index (χ1) is 8.67. The zero-order valence-electron chi connectivity index (χ0n) is 10.8. The summed E-state index contributed by atoms with van der Waals surface area (Å²) in [5.74, 6) is 0.606. The van der Waals surface area contributed by atoms with Gasteiger partial charge in [-0.1, -0.05) is 12.1 Å². The Balaban J connectivity index is 1.65. The Bertz CT molecular complexity index is 404. The molecule has 1 aromatic carbocycles. The highest BCUT2D eigenvalue weighted by Gasteiger charge is 2.42. The second kappa shape index (κ2) is 4.56. The molecule has 1 N–H and O–H groups in total. The minimum atomic E-state index is -0.299. The van der Waals surface area contributed by atoms with Crippen LogP contribution in [-0.4, -0.2) is 23.6 Å². The van der Waals surface area contributed by atoms with Crippen LogP contribution in [0.4, 0.5) is 0 Å². The quantitative estimate of drug-likeness (QED) is 0.829. The van der Waals surface area contributed by atoms with Gasteiger partial charge in [-0.15, -0.1) is 0 Å². The molecule has 3 nitrogen and oxygen atoms in total. The Morgan fingerprint density at radius 3 is 2.39 bits per heavy atom. The average Bonchev–Trinajstić information content (AvgIpc) is 2.73. The molecule has 2 fully saturated rings. The topological polar surface area (TPSA) is 38.7 Å². The van der Waals surface area contributed by atoms with Crippen molar-refractivity contribution in [3.8, 4) is 5.75 Å². The fourth-order valence-electron chi connectivity index (χ4n) is 3.10. The Labute approximate surface area is 108 Å². The molecule has 1 aliphatic heterocycles. The van der Waals surface area contributed by atoms with Gasteiger partial charge in [0.2, 0.25) is 0 Å². The lowest BCUT2D eigenvalue weighted by molar-refractivity contribution is -0.187. The monoisotopic (exact) mass is 248 g/mol. The molecule has 1 aromatic rings. The third-order valence-corrected chi connectivity index (χ3v) is 4.11. The van der Waals surface area contributed by atoms with Crippen LogP contribution in [-0.2, 0) is 9.47 Å². The number of phenols is 1. The van der Waals surface area contributed by atoms with Gasteiger partial charge >= 0.3 is 0 Å². The number of hydrogen-bond acceptors (Lipinski definition) is 3. The molecule has 18 heavy (non-hydrogen) atoms. The Hall–Kier alpha value is -1.06. The van der Waals surface area contributed by atoms with Crippen molar-refractivity contribution >= 4 is 0 Å². The van der Waals surface area contributed by atoms with Crippen LogP contribution in [0.25, 0.3) is 0 Å². The average molecular weight is 248 g/mol. The van der Waals surface area contributed by atoms with Gasteiger partial charge < -0.3 is 14.6 Å². The van der Waals surface area contributed by atoms with Crippen LogP contribution >= 0.6 is 0 Å². The van der Waals surface area contributed by atoms with Crippen molar-refractivity contribution in [2.75, 3.05) is 6.61 Å². The second-order valence-corrected chi connectivity index (χ2v) is 5.52. The van der Waals surface area contributed by atoms with Crippen LogP contribution in [0.15, 0.2) is 24.3 Å². The molecule has 98 valence electrons. The van der Waals surface area contributed by atoms with E-state index in [1.807, 2.05) is 12.1 Å². The number of aromatic hydroxyl groups is 1. The summed E-state index contributed by atoms with van der Waals surface area (Å²) >= 11 is 0. The summed E-state index contributed by atoms with van der Waals surface area (Å²) < 4.78 is 11.8. The van der Waals surface area contributed by atoms with Gasteiger partial charge in [0.05, 0.1) is 12.7 Å². The summed E-state index contributed by atoms with van der Waals surface area (Å²) in [6.07, 6.45) is 4.37. The molecule has 1 atom stereocenters. The lowest BCUT2D eigenvalue weighted by Crippen LogP contribution is -2.35. The van der Waals surface area contributed by atoms with E-state index < -0.39 is 0 Å². The molecule has 1 saturated carbocycles. The highest BCUT2D eigenvalue weighted by molar-refractivity contribution is 5.28. The first-order valence-corrected chi connectivity index (χ1v) is 6.78. The van der Waals surface area contributed by atoms with Crippen molar-refractivity contribution in [3.63, 3.8) is 0 Å². The van der Waals surface area contributed by atoms with Crippen molar-refractivity contribution in [1.82, 2.24) is 0 Å². The van der Waals surface area contributed by atoms with Gasteiger partial charge in [0.25, 0.3) is 0 Å². The molecule has 2 aliphatic rings. The van der Waals surface area contributed by atoms with E-state index in [1.54, 1.807) is 12.1 Å². The summed E-state index contributed by atoms with van der Waals surface area (Å²) in [6, 6.07) is 7.59. The van der Waals surface area contributed by atoms with Gasteiger partial charge in [-0.05, 0) is 43.4 Å². The number of benzene rings is 1. The maximum Gasteiger partial charge on any atom is 0.168 e. The third kappa shape index (κ3) is 2.25. The standard InChI is InChI=1S/C15H20O3/c1-11-10-17-15(18-11)8-6-13(7-9-15)12-2-4-14(16)5-3-12/h2-5,11,13,16H,6-10H2,1H3. The van der Waals surface area contributed by atoms with Crippen LogP contribution in [0.1, 0.15) is 44.1 Å². The van der Waals surface area contributed by atoms with Crippen molar-refractivity contribution < 1.29 is 14.6 Å². The number of hydrogen-bond donors (Lipinski definition) is 1. The zero-order valence-corrected chi connectivity index (χ0v) is 10.8. The lowest BCUT2D eigenvalue weighted by Gasteiger charge is -2.35. The molecule has 3 heteroatoms. The molecule has 0 aromatic heterocycles. The Kier molecular flexibility index (Phi) is 3.04. The van der Waals surface area contributed by atoms with Crippen LogP contribution in [0, 0.1) is 0 Å². The van der Waals surface area contributed by atoms with Crippen LogP contribution in [0.2, 0.25) is 0 Å². The minimum Gasteiger partial charge on any atom is -0.508 e. The summed E-state index contributed by atoms with van der Waals surface area (Å²) in [7, 11) is 0. The van der Waals surface area contributed by atoms with E-state index >= 15 is 0 Å². The van der Waals surface area contributed by atoms with E-state index in [9.17, 15) is 5.11 Å². The predicted molar refractivity (Wildman–Crippen MR) is 68.5 cm³/mol. The minimum absolute atomic E-state index is 0.232. The van der Waals surface area contributed by atoms with E-state index in [0.717, 1.165) is 32.3 Å². The van der Waals surface area contributed by atoms with E-state index in [-0.39, 0.29) is 11.9 Å². The summed E-state index contributed by atoms with van der Waals surface area (Å²) in [5.41, 5.74) is 1.31. The van der Waals surface area contributed by atoms with Crippen LogP contribution in [0.3, 0.4) is 0 Å². The normalized spacial score (nSPS) is 36.1. The van der Waals surface area contributed by atoms with E-state index in [4.69, 9.17) is 9.47 Å². The molecular weight excluding hydrogens is 228 g/mol. The fourth-order valence-corrected chi connectivity index (χ4v) is 3.10. The summed E-state index contributed by atoms with van der Waals surface area (Å²) in [4.78, 5) is 0. The first kappa shape index (κ1) is 12.0. The highest BCUT2D eigenvalue weighted by atomic mass is 16.7. The molecular formula is C15H20O3. The van der Waals surface area contributed by atoms with E-state index in [1.165, 1.54) is 5.56 Å². The fraction of sp³-hybridized carbons (Fsp3) is 0.600. The molecule has 1 spiro atoms. The van der Waals surface area contributed by atoms with Crippen LogP contribution in [0.5, 0.6) is 5.75 Å². The molecule has 1 aliphatic carbocycles. The third-order valence-electron chi connectivity index (χ3n) is 4.11. The SMILES string of the molecule is CC1COC2(CCC(c3ccc(O)cc3)CC2)O1. The Morgan fingerprint density at radius 2 is 1.83 bits per heavy atom. The maximum atomic E-state index is 9.31. The predicted octanol–water partition coefficient (Wildman–Crippen LogP) is 3.18. The lowest BCUT2D eigenvalue weighted by atomic mass is 9.81. The summed E-state index contributed by atoms with van der Waals surface area (Å²) in [5, 5.41) is 9.31. The molecule has 1 heterocycles. The van der Waals surface area contributed by atoms with Gasteiger partial charge in [0.1, 0.15) is 5.75 Å². The molecule has 1 unspecified atom stereocenters. The van der Waals surface area contributed by atoms with Crippen LogP contribution < -0.4 is 0 Å². The van der Waals surface area contributed by atoms with Crippen molar-refractivity contribution in [3.05, 3.63) is 29.8 Å². The van der Waals surface area contributed by atoms with E-state index in [0.29, 0.717) is 11.7 Å². The smallest absolute Gasteiger partial charge is 0.168 e. The molecule has 0 bridgehead atoms. The van der Waals surface area contributed by atoms with Gasteiger partial charge in [-0.3, -0.25) is 0 Å². The zero-order chi connectivity index (χ0) is 12.6. The second-order valence-electron chi connectivity index (χ2n) is 5.52. The number of ether oxygens (including phenoxy) is 2. The molecule has 0 radical (unpaired) electrons. The molecule has 3 rings (SSSR count).